The number of amides is 1. The molecule has 116 valence electrons. The van der Waals surface area contributed by atoms with E-state index in [2.05, 4.69) is 0 Å². The van der Waals surface area contributed by atoms with E-state index in [0.29, 0.717) is 19.1 Å². The number of nitrogens with two attached hydrogens (primary N) is 1. The zero-order valence-corrected chi connectivity index (χ0v) is 12.2. The monoisotopic (exact) mass is 298 g/mol. The number of halogens is 2. The van der Waals surface area contributed by atoms with Crippen molar-refractivity contribution >= 4 is 11.6 Å². The van der Waals surface area contributed by atoms with Gasteiger partial charge in [-0.3, -0.25) is 4.79 Å². The van der Waals surface area contributed by atoms with Gasteiger partial charge in [0.05, 0.1) is 6.61 Å². The van der Waals surface area contributed by atoms with Crippen LogP contribution in [-0.2, 0) is 4.74 Å². The maximum absolute atomic E-state index is 13.5. The third-order valence-electron chi connectivity index (χ3n) is 3.92. The van der Waals surface area contributed by atoms with Crippen LogP contribution in [0.5, 0.6) is 0 Å². The lowest BCUT2D eigenvalue weighted by atomic mass is 10.1. The fraction of sp³-hybridized carbons (Fsp3) is 0.533. The van der Waals surface area contributed by atoms with Crippen molar-refractivity contribution in [2.75, 3.05) is 26.0 Å². The van der Waals surface area contributed by atoms with Gasteiger partial charge in [0.1, 0.15) is 17.3 Å². The van der Waals surface area contributed by atoms with Crippen LogP contribution in [0.1, 0.15) is 30.1 Å². The van der Waals surface area contributed by atoms with Crippen LogP contribution >= 0.6 is 0 Å². The summed E-state index contributed by atoms with van der Waals surface area (Å²) in [6.07, 6.45) is 2.14. The maximum Gasteiger partial charge on any atom is 0.254 e. The number of carbonyl (C=O) groups excluding carboxylic acids is 1. The van der Waals surface area contributed by atoms with Crippen LogP contribution in [0.25, 0.3) is 0 Å². The highest BCUT2D eigenvalue weighted by Gasteiger charge is 2.34. The van der Waals surface area contributed by atoms with E-state index in [9.17, 15) is 13.6 Å². The second-order valence-corrected chi connectivity index (χ2v) is 5.42. The molecule has 1 unspecified atom stereocenters. The van der Waals surface area contributed by atoms with Gasteiger partial charge in [0.15, 0.2) is 0 Å². The van der Waals surface area contributed by atoms with Crippen LogP contribution in [0.3, 0.4) is 0 Å². The normalized spacial score (nSPS) is 15.8. The second-order valence-electron chi connectivity index (χ2n) is 5.42. The minimum Gasteiger partial charge on any atom is -0.394 e. The SMILES string of the molecule is COCCN(C(=O)c1cc(F)c(N)c(F)c1)C(C)C1CC1. The van der Waals surface area contributed by atoms with Gasteiger partial charge in [-0.2, -0.15) is 0 Å². The Balaban J connectivity index is 2.24. The van der Waals surface area contributed by atoms with Crippen LogP contribution in [0.2, 0.25) is 0 Å². The lowest BCUT2D eigenvalue weighted by molar-refractivity contribution is 0.0593. The lowest BCUT2D eigenvalue weighted by Gasteiger charge is -2.29. The molecule has 4 nitrogen and oxygen atoms in total. The summed E-state index contributed by atoms with van der Waals surface area (Å²) in [7, 11) is 1.55. The fourth-order valence-electron chi connectivity index (χ4n) is 2.39. The summed E-state index contributed by atoms with van der Waals surface area (Å²) in [5, 5.41) is 0. The van der Waals surface area contributed by atoms with E-state index in [1.165, 1.54) is 0 Å². The Labute approximate surface area is 122 Å². The molecule has 0 bridgehead atoms. The third kappa shape index (κ3) is 3.50. The molecule has 0 heterocycles. The molecule has 1 aliphatic carbocycles. The predicted molar refractivity (Wildman–Crippen MR) is 75.9 cm³/mol. The van der Waals surface area contributed by atoms with Gasteiger partial charge in [-0.05, 0) is 37.8 Å². The molecule has 1 aliphatic rings. The average molecular weight is 298 g/mol. The van der Waals surface area contributed by atoms with Crippen molar-refractivity contribution in [2.45, 2.75) is 25.8 Å². The molecule has 1 saturated carbocycles. The first kappa shape index (κ1) is 15.7. The molecule has 1 atom stereocenters. The molecule has 1 amide bonds. The molecular formula is C15H20F2N2O2. The van der Waals surface area contributed by atoms with Gasteiger partial charge in [0.2, 0.25) is 0 Å². The van der Waals surface area contributed by atoms with Crippen molar-refractivity contribution in [1.82, 2.24) is 4.90 Å². The summed E-state index contributed by atoms with van der Waals surface area (Å²) in [5.41, 5.74) is 4.64. The Bertz CT molecular complexity index is 509. The minimum absolute atomic E-state index is 0.0244. The average Bonchev–Trinajstić information content (AvgIpc) is 3.28. The number of hydrogen-bond acceptors (Lipinski definition) is 3. The van der Waals surface area contributed by atoms with E-state index in [1.54, 1.807) is 12.0 Å². The zero-order chi connectivity index (χ0) is 15.6. The smallest absolute Gasteiger partial charge is 0.254 e. The Morgan fingerprint density at radius 2 is 2.00 bits per heavy atom. The minimum atomic E-state index is -0.913. The fourth-order valence-corrected chi connectivity index (χ4v) is 2.39. The van der Waals surface area contributed by atoms with Crippen molar-refractivity contribution in [3.05, 3.63) is 29.3 Å². The summed E-state index contributed by atoms with van der Waals surface area (Å²) in [5.74, 6) is -1.77. The van der Waals surface area contributed by atoms with Gasteiger partial charge in [-0.15, -0.1) is 0 Å². The van der Waals surface area contributed by atoms with Gasteiger partial charge < -0.3 is 15.4 Å². The molecule has 0 aromatic heterocycles. The summed E-state index contributed by atoms with van der Waals surface area (Å²) in [4.78, 5) is 14.2. The number of nitrogens with zero attached hydrogens (tertiary/aromatic N) is 1. The van der Waals surface area contributed by atoms with Crippen molar-refractivity contribution < 1.29 is 18.3 Å². The Morgan fingerprint density at radius 3 is 2.48 bits per heavy atom. The molecule has 0 spiro atoms. The molecule has 0 aliphatic heterocycles. The van der Waals surface area contributed by atoms with Gasteiger partial charge in [0, 0.05) is 25.3 Å². The molecule has 6 heteroatoms. The van der Waals surface area contributed by atoms with Crippen molar-refractivity contribution in [3.8, 4) is 0 Å². The molecule has 0 saturated heterocycles. The van der Waals surface area contributed by atoms with Crippen molar-refractivity contribution in [1.29, 1.82) is 0 Å². The largest absolute Gasteiger partial charge is 0.394 e. The molecule has 0 radical (unpaired) electrons. The first-order valence-corrected chi connectivity index (χ1v) is 7.00. The molecule has 1 fully saturated rings. The summed E-state index contributed by atoms with van der Waals surface area (Å²) in [6, 6.07) is 2.00. The number of ether oxygens (including phenoxy) is 1. The van der Waals surface area contributed by atoms with E-state index in [1.807, 2.05) is 6.92 Å². The summed E-state index contributed by atoms with van der Waals surface area (Å²) < 4.78 is 32.1. The topological polar surface area (TPSA) is 55.6 Å². The Morgan fingerprint density at radius 1 is 1.43 bits per heavy atom. The number of benzene rings is 1. The first-order valence-electron chi connectivity index (χ1n) is 7.00. The first-order chi connectivity index (χ1) is 9.95. The maximum atomic E-state index is 13.5. The molecule has 21 heavy (non-hydrogen) atoms. The van der Waals surface area contributed by atoms with E-state index >= 15 is 0 Å². The highest BCUT2D eigenvalue weighted by Crippen LogP contribution is 2.35. The lowest BCUT2D eigenvalue weighted by Crippen LogP contribution is -2.42. The number of carbonyl (C=O) groups is 1. The van der Waals surface area contributed by atoms with E-state index < -0.39 is 23.2 Å². The number of methoxy groups -OCH3 is 1. The third-order valence-corrected chi connectivity index (χ3v) is 3.92. The number of rotatable bonds is 6. The highest BCUT2D eigenvalue weighted by atomic mass is 19.1. The number of hydrogen-bond donors (Lipinski definition) is 1. The van der Waals surface area contributed by atoms with E-state index in [0.717, 1.165) is 25.0 Å². The van der Waals surface area contributed by atoms with Crippen LogP contribution in [-0.4, -0.2) is 37.1 Å². The molecule has 2 rings (SSSR count). The van der Waals surface area contributed by atoms with E-state index in [-0.39, 0.29) is 11.6 Å². The zero-order valence-electron chi connectivity index (χ0n) is 12.2. The van der Waals surface area contributed by atoms with Crippen LogP contribution in [0.4, 0.5) is 14.5 Å². The van der Waals surface area contributed by atoms with Gasteiger partial charge in [-0.1, -0.05) is 0 Å². The summed E-state index contributed by atoms with van der Waals surface area (Å²) >= 11 is 0. The van der Waals surface area contributed by atoms with Crippen LogP contribution < -0.4 is 5.73 Å². The number of nitrogen functional groups attached to an aromatic ring is 1. The predicted octanol–water partition coefficient (Wildman–Crippen LogP) is 2.43. The van der Waals surface area contributed by atoms with Gasteiger partial charge in [-0.25, -0.2) is 8.78 Å². The quantitative estimate of drug-likeness (QED) is 0.821. The summed E-state index contributed by atoms with van der Waals surface area (Å²) in [6.45, 7) is 2.72. The van der Waals surface area contributed by atoms with Gasteiger partial charge in [0.25, 0.3) is 5.91 Å². The van der Waals surface area contributed by atoms with Crippen LogP contribution in [0, 0.1) is 17.6 Å². The Hall–Kier alpha value is -1.69. The molecule has 1 aromatic rings. The van der Waals surface area contributed by atoms with Crippen LogP contribution in [0.15, 0.2) is 12.1 Å². The molecular weight excluding hydrogens is 278 g/mol. The van der Waals surface area contributed by atoms with Crippen molar-refractivity contribution in [3.63, 3.8) is 0 Å². The molecule has 2 N–H and O–H groups in total. The molecule has 1 aromatic carbocycles. The standard InChI is InChI=1S/C15H20F2N2O2/c1-9(10-3-4-10)19(5-6-21-2)15(20)11-7-12(16)14(18)13(17)8-11/h7-10H,3-6,18H2,1-2H3. The highest BCUT2D eigenvalue weighted by molar-refractivity contribution is 5.95. The van der Waals surface area contributed by atoms with E-state index in [4.69, 9.17) is 10.5 Å². The van der Waals surface area contributed by atoms with Gasteiger partial charge >= 0.3 is 0 Å². The second kappa shape index (κ2) is 6.39. The van der Waals surface area contributed by atoms with Crippen molar-refractivity contribution in [2.24, 2.45) is 5.92 Å². The number of anilines is 1. The Kier molecular flexibility index (Phi) is 4.77.